The van der Waals surface area contributed by atoms with Gasteiger partial charge in [0.15, 0.2) is 5.96 Å². The van der Waals surface area contributed by atoms with Gasteiger partial charge in [-0.25, -0.2) is 0 Å². The predicted octanol–water partition coefficient (Wildman–Crippen LogP) is 2.04. The number of guanidine groups is 1. The molecular formula is C15H25N3O2. The molecule has 0 bridgehead atoms. The first-order valence-electron chi connectivity index (χ1n) is 7.01. The molecule has 0 atom stereocenters. The van der Waals surface area contributed by atoms with E-state index in [1.807, 2.05) is 24.3 Å². The van der Waals surface area contributed by atoms with Crippen LogP contribution >= 0.6 is 0 Å². The molecule has 0 saturated carbocycles. The van der Waals surface area contributed by atoms with E-state index < -0.39 is 0 Å². The maximum atomic E-state index is 5.66. The zero-order chi connectivity index (χ0) is 14.6. The van der Waals surface area contributed by atoms with Gasteiger partial charge in [0.2, 0.25) is 0 Å². The smallest absolute Gasteiger partial charge is 0.190 e. The lowest BCUT2D eigenvalue weighted by Gasteiger charge is -2.11. The van der Waals surface area contributed by atoms with Crippen molar-refractivity contribution in [2.75, 3.05) is 33.9 Å². The van der Waals surface area contributed by atoms with Crippen LogP contribution in [0.1, 0.15) is 19.8 Å². The normalized spacial score (nSPS) is 11.1. The van der Waals surface area contributed by atoms with Crippen LogP contribution < -0.4 is 20.1 Å². The van der Waals surface area contributed by atoms with E-state index in [1.165, 1.54) is 0 Å². The Bertz CT molecular complexity index is 408. The molecule has 1 rings (SSSR count). The Morgan fingerprint density at radius 1 is 1.20 bits per heavy atom. The molecule has 0 aliphatic rings. The van der Waals surface area contributed by atoms with Crippen molar-refractivity contribution in [1.29, 1.82) is 0 Å². The third-order valence-corrected chi connectivity index (χ3v) is 2.69. The summed E-state index contributed by atoms with van der Waals surface area (Å²) in [6, 6.07) is 7.63. The summed E-state index contributed by atoms with van der Waals surface area (Å²) in [6.45, 7) is 4.54. The molecule has 0 aromatic heterocycles. The molecule has 0 saturated heterocycles. The Labute approximate surface area is 121 Å². The third-order valence-electron chi connectivity index (χ3n) is 2.69. The summed E-state index contributed by atoms with van der Waals surface area (Å²) in [6.07, 6.45) is 1.99. The number of hydrogen-bond acceptors (Lipinski definition) is 3. The van der Waals surface area contributed by atoms with Gasteiger partial charge in [-0.3, -0.25) is 4.99 Å². The summed E-state index contributed by atoms with van der Waals surface area (Å²) in [5, 5.41) is 6.47. The lowest BCUT2D eigenvalue weighted by molar-refractivity contribution is 0.308. The average molecular weight is 279 g/mol. The van der Waals surface area contributed by atoms with Crippen molar-refractivity contribution in [2.45, 2.75) is 19.8 Å². The number of benzene rings is 1. The van der Waals surface area contributed by atoms with E-state index in [0.29, 0.717) is 6.61 Å². The Hall–Kier alpha value is -1.91. The molecule has 0 unspecified atom stereocenters. The summed E-state index contributed by atoms with van der Waals surface area (Å²) in [5.74, 6) is 2.48. The first-order valence-corrected chi connectivity index (χ1v) is 7.01. The molecule has 0 aliphatic heterocycles. The van der Waals surface area contributed by atoms with Gasteiger partial charge in [-0.05, 0) is 25.0 Å². The third kappa shape index (κ3) is 6.31. The lowest BCUT2D eigenvalue weighted by atomic mass is 10.3. The van der Waals surface area contributed by atoms with E-state index in [1.54, 1.807) is 14.2 Å². The molecule has 0 heterocycles. The summed E-state index contributed by atoms with van der Waals surface area (Å²) in [5.41, 5.74) is 0. The molecule has 112 valence electrons. The van der Waals surface area contributed by atoms with Gasteiger partial charge in [0.05, 0.1) is 13.7 Å². The van der Waals surface area contributed by atoms with Gasteiger partial charge in [-0.2, -0.15) is 0 Å². The highest BCUT2D eigenvalue weighted by molar-refractivity contribution is 5.79. The van der Waals surface area contributed by atoms with Gasteiger partial charge in [-0.1, -0.05) is 13.0 Å². The van der Waals surface area contributed by atoms with Crippen LogP contribution in [0.2, 0.25) is 0 Å². The predicted molar refractivity (Wildman–Crippen MR) is 82.8 cm³/mol. The molecule has 0 aliphatic carbocycles. The van der Waals surface area contributed by atoms with Crippen LogP contribution in [-0.4, -0.2) is 39.8 Å². The van der Waals surface area contributed by atoms with Crippen molar-refractivity contribution in [3.63, 3.8) is 0 Å². The standard InChI is InChI=1S/C15H25N3O2/c1-4-9-17-15(16-2)18-10-6-11-20-14-8-5-7-13(12-14)19-3/h5,7-8,12H,4,6,9-11H2,1-3H3,(H2,16,17,18). The number of aliphatic imine (C=N–C) groups is 1. The van der Waals surface area contributed by atoms with Gasteiger partial charge in [0.25, 0.3) is 0 Å². The Kier molecular flexibility index (Phi) is 8.03. The minimum absolute atomic E-state index is 0.658. The molecule has 2 N–H and O–H groups in total. The van der Waals surface area contributed by atoms with E-state index in [-0.39, 0.29) is 0 Å². The second-order valence-corrected chi connectivity index (χ2v) is 4.31. The maximum absolute atomic E-state index is 5.66. The molecule has 0 fully saturated rings. The van der Waals surface area contributed by atoms with Crippen molar-refractivity contribution in [2.24, 2.45) is 4.99 Å². The number of ether oxygens (including phenoxy) is 2. The van der Waals surface area contributed by atoms with Gasteiger partial charge in [-0.15, -0.1) is 0 Å². The lowest BCUT2D eigenvalue weighted by Crippen LogP contribution is -2.38. The first-order chi connectivity index (χ1) is 9.80. The Morgan fingerprint density at radius 2 is 1.95 bits per heavy atom. The van der Waals surface area contributed by atoms with Crippen molar-refractivity contribution in [3.05, 3.63) is 24.3 Å². The van der Waals surface area contributed by atoms with Crippen LogP contribution in [0, 0.1) is 0 Å². The Balaban J connectivity index is 2.18. The summed E-state index contributed by atoms with van der Waals surface area (Å²) >= 11 is 0. The highest BCUT2D eigenvalue weighted by Gasteiger charge is 1.98. The number of nitrogens with one attached hydrogen (secondary N) is 2. The zero-order valence-corrected chi connectivity index (χ0v) is 12.6. The SMILES string of the molecule is CCCNC(=NC)NCCCOc1cccc(OC)c1. The van der Waals surface area contributed by atoms with E-state index in [2.05, 4.69) is 22.5 Å². The molecule has 1 aromatic carbocycles. The average Bonchev–Trinajstić information content (AvgIpc) is 2.50. The fourth-order valence-electron chi connectivity index (χ4n) is 1.62. The van der Waals surface area contributed by atoms with Crippen LogP contribution in [-0.2, 0) is 0 Å². The van der Waals surface area contributed by atoms with Crippen molar-refractivity contribution < 1.29 is 9.47 Å². The molecule has 20 heavy (non-hydrogen) atoms. The Morgan fingerprint density at radius 3 is 2.65 bits per heavy atom. The van der Waals surface area contributed by atoms with Crippen molar-refractivity contribution in [3.8, 4) is 11.5 Å². The van der Waals surface area contributed by atoms with Crippen LogP contribution in [0.3, 0.4) is 0 Å². The van der Waals surface area contributed by atoms with Crippen LogP contribution in [0.5, 0.6) is 11.5 Å². The van der Waals surface area contributed by atoms with Crippen LogP contribution in [0.15, 0.2) is 29.3 Å². The summed E-state index contributed by atoms with van der Waals surface area (Å²) < 4.78 is 10.8. The minimum Gasteiger partial charge on any atom is -0.497 e. The molecule has 5 nitrogen and oxygen atoms in total. The topological polar surface area (TPSA) is 54.9 Å². The molecular weight excluding hydrogens is 254 g/mol. The largest absolute Gasteiger partial charge is 0.497 e. The second kappa shape index (κ2) is 9.95. The van der Waals surface area contributed by atoms with E-state index in [9.17, 15) is 0 Å². The zero-order valence-electron chi connectivity index (χ0n) is 12.6. The summed E-state index contributed by atoms with van der Waals surface area (Å²) in [4.78, 5) is 4.14. The fraction of sp³-hybridized carbons (Fsp3) is 0.533. The van der Waals surface area contributed by atoms with Gasteiger partial charge in [0.1, 0.15) is 11.5 Å². The van der Waals surface area contributed by atoms with E-state index in [0.717, 1.165) is 43.4 Å². The second-order valence-electron chi connectivity index (χ2n) is 4.31. The number of nitrogens with zero attached hydrogens (tertiary/aromatic N) is 1. The number of hydrogen-bond donors (Lipinski definition) is 2. The van der Waals surface area contributed by atoms with Gasteiger partial charge in [0, 0.05) is 26.2 Å². The number of rotatable bonds is 8. The summed E-state index contributed by atoms with van der Waals surface area (Å²) in [7, 11) is 3.43. The van der Waals surface area contributed by atoms with E-state index in [4.69, 9.17) is 9.47 Å². The van der Waals surface area contributed by atoms with Gasteiger partial charge < -0.3 is 20.1 Å². The first kappa shape index (κ1) is 16.1. The number of methoxy groups -OCH3 is 1. The van der Waals surface area contributed by atoms with E-state index >= 15 is 0 Å². The van der Waals surface area contributed by atoms with Crippen LogP contribution in [0.25, 0.3) is 0 Å². The van der Waals surface area contributed by atoms with Gasteiger partial charge >= 0.3 is 0 Å². The highest BCUT2D eigenvalue weighted by atomic mass is 16.5. The quantitative estimate of drug-likeness (QED) is 0.434. The monoisotopic (exact) mass is 279 g/mol. The molecule has 5 heteroatoms. The highest BCUT2D eigenvalue weighted by Crippen LogP contribution is 2.18. The van der Waals surface area contributed by atoms with Crippen LogP contribution in [0.4, 0.5) is 0 Å². The minimum atomic E-state index is 0.658. The molecule has 0 amide bonds. The van der Waals surface area contributed by atoms with Crippen molar-refractivity contribution in [1.82, 2.24) is 10.6 Å². The van der Waals surface area contributed by atoms with Crippen molar-refractivity contribution >= 4 is 5.96 Å². The molecule has 1 aromatic rings. The molecule has 0 spiro atoms. The maximum Gasteiger partial charge on any atom is 0.190 e. The fourth-order valence-corrected chi connectivity index (χ4v) is 1.62. The molecule has 0 radical (unpaired) electrons.